The largest absolute Gasteiger partial charge is 0.357 e. The third kappa shape index (κ3) is 3.04. The van der Waals surface area contributed by atoms with Crippen LogP contribution in [-0.2, 0) is 27.2 Å². The molecule has 0 saturated heterocycles. The van der Waals surface area contributed by atoms with Gasteiger partial charge in [0.15, 0.2) is 0 Å². The van der Waals surface area contributed by atoms with E-state index in [4.69, 9.17) is 18.1 Å². The Morgan fingerprint density at radius 3 is 1.00 bits per heavy atom. The van der Waals surface area contributed by atoms with E-state index in [-0.39, 0.29) is 10.6 Å². The first-order valence-electron chi connectivity index (χ1n) is 4.43. The highest BCUT2D eigenvalue weighted by molar-refractivity contribution is 7.62. The van der Waals surface area contributed by atoms with Gasteiger partial charge in [0.05, 0.1) is 0 Å². The highest BCUT2D eigenvalue weighted by Gasteiger charge is 2.34. The molecule has 0 amide bonds. The Morgan fingerprint density at radius 1 is 0.688 bits per heavy atom. The number of rotatable bonds is 6. The molecule has 0 saturated carbocycles. The minimum atomic E-state index is -3.40. The molecule has 0 N–H and O–H groups in total. The lowest BCUT2D eigenvalue weighted by Gasteiger charge is -2.20. The van der Waals surface area contributed by atoms with Crippen molar-refractivity contribution in [3.63, 3.8) is 0 Å². The van der Waals surface area contributed by atoms with Gasteiger partial charge in [-0.05, 0) is 13.8 Å². The Labute approximate surface area is 96.0 Å². The van der Waals surface area contributed by atoms with Crippen molar-refractivity contribution in [1.29, 1.82) is 0 Å². The normalized spacial score (nSPS) is 14.9. The van der Waals surface area contributed by atoms with Crippen LogP contribution in [0.3, 0.4) is 0 Å². The van der Waals surface area contributed by atoms with Crippen molar-refractivity contribution in [2.75, 3.05) is 28.4 Å². The fraction of sp³-hybridized carbons (Fsp3) is 0.750. The zero-order chi connectivity index (χ0) is 13.0. The van der Waals surface area contributed by atoms with Crippen LogP contribution in [0.2, 0.25) is 0 Å². The molecule has 0 heterocycles. The van der Waals surface area contributed by atoms with Crippen molar-refractivity contribution >= 4 is 15.2 Å². The molecule has 0 unspecified atom stereocenters. The van der Waals surface area contributed by atoms with E-state index in [1.165, 1.54) is 42.3 Å². The van der Waals surface area contributed by atoms with Crippen LogP contribution in [0.4, 0.5) is 0 Å². The van der Waals surface area contributed by atoms with Gasteiger partial charge in [-0.25, -0.2) is 0 Å². The predicted octanol–water partition coefficient (Wildman–Crippen LogP) is 3.21. The van der Waals surface area contributed by atoms with Gasteiger partial charge in [-0.2, -0.15) is 0 Å². The van der Waals surface area contributed by atoms with Gasteiger partial charge >= 0.3 is 15.2 Å². The van der Waals surface area contributed by atoms with Crippen LogP contribution >= 0.6 is 15.2 Å². The quantitative estimate of drug-likeness (QED) is 0.691. The third-order valence-electron chi connectivity index (χ3n) is 2.31. The first-order chi connectivity index (χ1) is 7.31. The summed E-state index contributed by atoms with van der Waals surface area (Å²) >= 11 is 0. The Morgan fingerprint density at radius 2 is 0.875 bits per heavy atom. The highest BCUT2D eigenvalue weighted by atomic mass is 31.2. The van der Waals surface area contributed by atoms with Crippen LogP contribution in [0.25, 0.3) is 0 Å². The van der Waals surface area contributed by atoms with Crippen molar-refractivity contribution in [3.05, 3.63) is 10.6 Å². The topological polar surface area (TPSA) is 71.1 Å². The van der Waals surface area contributed by atoms with E-state index >= 15 is 0 Å². The molecule has 0 aromatic rings. The first-order valence-corrected chi connectivity index (χ1v) is 7.51. The molecule has 8 heteroatoms. The van der Waals surface area contributed by atoms with Crippen molar-refractivity contribution in [2.24, 2.45) is 0 Å². The van der Waals surface area contributed by atoms with E-state index < -0.39 is 15.2 Å². The third-order valence-corrected chi connectivity index (χ3v) is 6.72. The van der Waals surface area contributed by atoms with Crippen LogP contribution in [0, 0.1) is 0 Å². The minimum absolute atomic E-state index is 0.226. The fourth-order valence-corrected chi connectivity index (χ4v) is 4.01. The zero-order valence-corrected chi connectivity index (χ0v) is 12.1. The van der Waals surface area contributed by atoms with E-state index in [2.05, 4.69) is 0 Å². The van der Waals surface area contributed by atoms with E-state index in [1.54, 1.807) is 0 Å². The molecule has 6 nitrogen and oxygen atoms in total. The Kier molecular flexibility index (Phi) is 6.12. The van der Waals surface area contributed by atoms with E-state index in [9.17, 15) is 9.13 Å². The predicted molar refractivity (Wildman–Crippen MR) is 61.6 cm³/mol. The summed E-state index contributed by atoms with van der Waals surface area (Å²) in [6, 6.07) is 0. The molecule has 0 aliphatic carbocycles. The molecular formula is C8H18O6P2. The lowest BCUT2D eigenvalue weighted by atomic mass is 10.6. The summed E-state index contributed by atoms with van der Waals surface area (Å²) in [7, 11) is -1.79. The highest BCUT2D eigenvalue weighted by Crippen LogP contribution is 2.64. The van der Waals surface area contributed by atoms with Crippen LogP contribution in [0.5, 0.6) is 0 Å². The van der Waals surface area contributed by atoms with Crippen LogP contribution in [0.15, 0.2) is 10.6 Å². The number of hydrogen-bond acceptors (Lipinski definition) is 6. The molecule has 0 rings (SSSR count). The maximum absolute atomic E-state index is 12.0. The number of allylic oxidation sites excluding steroid dienone is 2. The maximum atomic E-state index is 12.0. The van der Waals surface area contributed by atoms with Gasteiger partial charge in [-0.15, -0.1) is 0 Å². The van der Waals surface area contributed by atoms with Crippen molar-refractivity contribution in [3.8, 4) is 0 Å². The van der Waals surface area contributed by atoms with Crippen LogP contribution in [-0.4, -0.2) is 28.4 Å². The van der Waals surface area contributed by atoms with Crippen molar-refractivity contribution in [1.82, 2.24) is 0 Å². The van der Waals surface area contributed by atoms with Gasteiger partial charge in [0.2, 0.25) is 0 Å². The van der Waals surface area contributed by atoms with Crippen LogP contribution in [0.1, 0.15) is 13.8 Å². The van der Waals surface area contributed by atoms with E-state index in [1.807, 2.05) is 0 Å². The lowest BCUT2D eigenvalue weighted by Crippen LogP contribution is -1.97. The second-order valence-corrected chi connectivity index (χ2v) is 7.69. The van der Waals surface area contributed by atoms with Crippen molar-refractivity contribution in [2.45, 2.75) is 13.8 Å². The van der Waals surface area contributed by atoms with Crippen LogP contribution < -0.4 is 0 Å². The Bertz CT molecular complexity index is 312. The second kappa shape index (κ2) is 6.10. The standard InChI is InChI=1S/C8H18O6P2/c1-7(15(9,11-3)12-4)8(2)16(10,13-5)14-6/h1-6H3/b8-7+. The summed E-state index contributed by atoms with van der Waals surface area (Å²) in [5.41, 5.74) is 0. The molecule has 0 atom stereocenters. The summed E-state index contributed by atoms with van der Waals surface area (Å²) in [5.74, 6) is 0. The van der Waals surface area contributed by atoms with Gasteiger partial charge in [0.1, 0.15) is 0 Å². The molecular weight excluding hydrogens is 254 g/mol. The number of hydrogen-bond donors (Lipinski definition) is 0. The van der Waals surface area contributed by atoms with Crippen molar-refractivity contribution < 1.29 is 27.2 Å². The van der Waals surface area contributed by atoms with Gasteiger partial charge in [-0.3, -0.25) is 9.13 Å². The average Bonchev–Trinajstić information content (AvgIpc) is 2.34. The molecule has 0 aromatic carbocycles. The molecule has 96 valence electrons. The summed E-state index contributed by atoms with van der Waals surface area (Å²) in [6.07, 6.45) is 0. The maximum Gasteiger partial charge on any atom is 0.357 e. The Balaban J connectivity index is 5.58. The van der Waals surface area contributed by atoms with Gasteiger partial charge < -0.3 is 18.1 Å². The van der Waals surface area contributed by atoms with Gasteiger partial charge in [-0.1, -0.05) is 0 Å². The first kappa shape index (κ1) is 16.0. The molecule has 16 heavy (non-hydrogen) atoms. The van der Waals surface area contributed by atoms with E-state index in [0.717, 1.165) is 0 Å². The second-order valence-electron chi connectivity index (χ2n) is 2.90. The molecule has 0 fully saturated rings. The minimum Gasteiger partial charge on any atom is -0.309 e. The lowest BCUT2D eigenvalue weighted by molar-refractivity contribution is 0.277. The molecule has 0 aromatic heterocycles. The smallest absolute Gasteiger partial charge is 0.309 e. The summed E-state index contributed by atoms with van der Waals surface area (Å²) < 4.78 is 43.3. The van der Waals surface area contributed by atoms with E-state index in [0.29, 0.717) is 0 Å². The summed E-state index contributed by atoms with van der Waals surface area (Å²) in [4.78, 5) is 0. The molecule has 0 aliphatic heterocycles. The average molecular weight is 272 g/mol. The molecule has 0 bridgehead atoms. The van der Waals surface area contributed by atoms with Gasteiger partial charge in [0, 0.05) is 39.1 Å². The zero-order valence-electron chi connectivity index (χ0n) is 10.3. The monoisotopic (exact) mass is 272 g/mol. The summed E-state index contributed by atoms with van der Waals surface area (Å²) in [5, 5.41) is 0.453. The summed E-state index contributed by atoms with van der Waals surface area (Å²) in [6.45, 7) is 3.02. The fourth-order valence-electron chi connectivity index (χ4n) is 1.09. The molecule has 0 spiro atoms. The SMILES string of the molecule is COP(=O)(OC)/C(C)=C(\C)P(=O)(OC)OC. The van der Waals surface area contributed by atoms with Gasteiger partial charge in [0.25, 0.3) is 0 Å². The Hall–Kier alpha value is 0.0400. The molecule has 0 radical (unpaired) electrons. The molecule has 0 aliphatic rings.